The molecule has 2 atom stereocenters. The highest BCUT2D eigenvalue weighted by Gasteiger charge is 2.54. The van der Waals surface area contributed by atoms with Gasteiger partial charge in [-0.15, -0.1) is 0 Å². The van der Waals surface area contributed by atoms with Gasteiger partial charge < -0.3 is 9.47 Å². The van der Waals surface area contributed by atoms with Crippen LogP contribution < -0.4 is 0 Å². The zero-order chi connectivity index (χ0) is 27.9. The second kappa shape index (κ2) is 11.1. The highest BCUT2D eigenvalue weighted by atomic mass is 79.9. The molecule has 1 unspecified atom stereocenters. The van der Waals surface area contributed by atoms with Gasteiger partial charge in [0.1, 0.15) is 5.82 Å². The van der Waals surface area contributed by atoms with E-state index >= 15 is 4.39 Å². The highest BCUT2D eigenvalue weighted by molar-refractivity contribution is 9.10. The first-order chi connectivity index (χ1) is 18.7. The van der Waals surface area contributed by atoms with Crippen molar-refractivity contribution in [3.8, 4) is 0 Å². The fourth-order valence-electron chi connectivity index (χ4n) is 6.25. The number of fused-ring (bicyclic) bond motifs is 1. The van der Waals surface area contributed by atoms with Crippen molar-refractivity contribution < 1.29 is 18.7 Å². The number of amides is 1. The molecular weight excluding hydrogens is 604 g/mol. The van der Waals surface area contributed by atoms with Crippen LogP contribution >= 0.6 is 39.1 Å². The zero-order valence-corrected chi connectivity index (χ0v) is 25.3. The van der Waals surface area contributed by atoms with Crippen molar-refractivity contribution >= 4 is 45.0 Å². The zero-order valence-electron chi connectivity index (χ0n) is 22.2. The molecule has 1 amide bonds. The van der Waals surface area contributed by atoms with Crippen LogP contribution in [0.15, 0.2) is 59.1 Å². The first kappa shape index (κ1) is 28.6. The van der Waals surface area contributed by atoms with Crippen LogP contribution in [0.25, 0.3) is 0 Å². The normalized spacial score (nSPS) is 21.2. The summed E-state index contributed by atoms with van der Waals surface area (Å²) in [6.07, 6.45) is 2.62. The van der Waals surface area contributed by atoms with Crippen LogP contribution in [0.2, 0.25) is 10.0 Å². The van der Waals surface area contributed by atoms with Crippen molar-refractivity contribution in [2.24, 2.45) is 5.92 Å². The van der Waals surface area contributed by atoms with Gasteiger partial charge in [-0.3, -0.25) is 9.69 Å². The summed E-state index contributed by atoms with van der Waals surface area (Å²) in [5, 5.41) is 1.10. The summed E-state index contributed by atoms with van der Waals surface area (Å²) in [5.41, 5.74) is 1.01. The number of nitrogens with zero attached hydrogens (tertiary/aromatic N) is 1. The van der Waals surface area contributed by atoms with Crippen molar-refractivity contribution in [2.75, 3.05) is 20.3 Å². The summed E-state index contributed by atoms with van der Waals surface area (Å²) in [6.45, 7) is 5.86. The van der Waals surface area contributed by atoms with Crippen molar-refractivity contribution in [2.45, 2.75) is 50.8 Å². The van der Waals surface area contributed by atoms with Gasteiger partial charge in [0.25, 0.3) is 5.91 Å². The number of halogens is 4. The minimum absolute atomic E-state index is 0.168. The molecule has 39 heavy (non-hydrogen) atoms. The maximum Gasteiger partial charge on any atom is 0.257 e. The SMILES string of the molecule is CC[C@](C)(c1cc(F)c2c(c1)C(=O)N(Cc1ccc(Cl)cc1Br)C2(OC)c1ccc(Cl)cc1)C1CCOCC1. The fraction of sp³-hybridized carbons (Fsp3) is 0.387. The molecule has 2 heterocycles. The van der Waals surface area contributed by atoms with E-state index < -0.39 is 11.5 Å². The summed E-state index contributed by atoms with van der Waals surface area (Å²) in [7, 11) is 1.51. The van der Waals surface area contributed by atoms with Gasteiger partial charge in [0.15, 0.2) is 5.72 Å². The summed E-state index contributed by atoms with van der Waals surface area (Å²) < 4.78 is 29.0. The monoisotopic (exact) mass is 633 g/mol. The molecule has 0 aromatic heterocycles. The van der Waals surface area contributed by atoms with Crippen molar-refractivity contribution in [1.82, 2.24) is 4.90 Å². The largest absolute Gasteiger partial charge is 0.381 e. The number of benzene rings is 3. The van der Waals surface area contributed by atoms with Crippen LogP contribution in [0.1, 0.15) is 65.7 Å². The van der Waals surface area contributed by atoms with Crippen LogP contribution in [0, 0.1) is 11.7 Å². The second-order valence-corrected chi connectivity index (χ2v) is 12.2. The molecule has 2 aliphatic heterocycles. The lowest BCUT2D eigenvalue weighted by Gasteiger charge is -2.40. The average molecular weight is 635 g/mol. The first-order valence-corrected chi connectivity index (χ1v) is 14.7. The Bertz CT molecular complexity index is 1400. The number of methoxy groups -OCH3 is 1. The molecule has 4 nitrogen and oxygen atoms in total. The van der Waals surface area contributed by atoms with Crippen LogP contribution in [-0.2, 0) is 27.2 Å². The summed E-state index contributed by atoms with van der Waals surface area (Å²) in [4.78, 5) is 15.9. The van der Waals surface area contributed by atoms with Gasteiger partial charge in [0.05, 0.1) is 17.7 Å². The van der Waals surface area contributed by atoms with Crippen molar-refractivity contribution in [1.29, 1.82) is 0 Å². The van der Waals surface area contributed by atoms with Crippen LogP contribution in [-0.4, -0.2) is 31.1 Å². The van der Waals surface area contributed by atoms with E-state index in [1.54, 1.807) is 47.4 Å². The van der Waals surface area contributed by atoms with E-state index in [2.05, 4.69) is 29.8 Å². The van der Waals surface area contributed by atoms with E-state index in [1.165, 1.54) is 7.11 Å². The van der Waals surface area contributed by atoms with Gasteiger partial charge in [-0.05, 0) is 78.1 Å². The molecule has 5 rings (SSSR count). The van der Waals surface area contributed by atoms with Crippen molar-refractivity contribution in [3.05, 3.63) is 103 Å². The third-order valence-corrected chi connectivity index (χ3v) is 9.90. The number of rotatable bonds is 7. The Morgan fingerprint density at radius 1 is 1.10 bits per heavy atom. The standard InChI is InChI=1S/C31H31BrCl2FNO3/c1-4-30(2,20-11-13-39-14-12-20)22-15-25-28(27(35)16-22)31(38-3,21-6-9-23(33)10-7-21)36(29(25)37)18-19-5-8-24(34)17-26(19)32/h5-10,15-17,20H,4,11-14,18H2,1-3H3/t30-,31?/m0/s1. The molecule has 0 spiro atoms. The Labute approximate surface area is 247 Å². The number of carbonyl (C=O) groups excluding carboxylic acids is 1. The van der Waals surface area contributed by atoms with E-state index in [-0.39, 0.29) is 23.4 Å². The molecule has 0 bridgehead atoms. The molecule has 0 radical (unpaired) electrons. The van der Waals surface area contributed by atoms with E-state index in [9.17, 15) is 4.79 Å². The summed E-state index contributed by atoms with van der Waals surface area (Å²) in [5.74, 6) is -0.429. The van der Waals surface area contributed by atoms with E-state index in [4.69, 9.17) is 32.7 Å². The minimum atomic E-state index is -1.49. The Kier molecular flexibility index (Phi) is 8.16. The van der Waals surface area contributed by atoms with Crippen LogP contribution in [0.4, 0.5) is 4.39 Å². The fourth-order valence-corrected chi connectivity index (χ4v) is 7.18. The van der Waals surface area contributed by atoms with Crippen LogP contribution in [0.5, 0.6) is 0 Å². The lowest BCUT2D eigenvalue weighted by atomic mass is 9.66. The number of carbonyl (C=O) groups is 1. The molecule has 1 fully saturated rings. The van der Waals surface area contributed by atoms with E-state index in [1.807, 2.05) is 12.1 Å². The van der Waals surface area contributed by atoms with Gasteiger partial charge in [0, 0.05) is 40.4 Å². The number of hydrogen-bond donors (Lipinski definition) is 0. The Balaban J connectivity index is 1.70. The lowest BCUT2D eigenvalue weighted by molar-refractivity contribution is -0.0882. The number of hydrogen-bond acceptors (Lipinski definition) is 3. The average Bonchev–Trinajstić information content (AvgIpc) is 3.19. The van der Waals surface area contributed by atoms with Gasteiger partial charge in [0.2, 0.25) is 0 Å². The Morgan fingerprint density at radius 3 is 2.38 bits per heavy atom. The second-order valence-electron chi connectivity index (χ2n) is 10.5. The van der Waals surface area contributed by atoms with Crippen molar-refractivity contribution in [3.63, 3.8) is 0 Å². The topological polar surface area (TPSA) is 38.8 Å². The van der Waals surface area contributed by atoms with Crippen LogP contribution in [0.3, 0.4) is 0 Å². The maximum absolute atomic E-state index is 16.5. The van der Waals surface area contributed by atoms with Gasteiger partial charge in [-0.2, -0.15) is 0 Å². The quantitative estimate of drug-likeness (QED) is 0.262. The molecule has 0 N–H and O–H groups in total. The highest BCUT2D eigenvalue weighted by Crippen LogP contribution is 2.50. The van der Waals surface area contributed by atoms with E-state index in [0.717, 1.165) is 34.9 Å². The Hall–Kier alpha value is -1.96. The predicted molar refractivity (Wildman–Crippen MR) is 156 cm³/mol. The molecule has 0 aliphatic carbocycles. The molecule has 0 saturated carbocycles. The third-order valence-electron chi connectivity index (χ3n) is 8.68. The summed E-state index contributed by atoms with van der Waals surface area (Å²) >= 11 is 16.0. The predicted octanol–water partition coefficient (Wildman–Crippen LogP) is 8.49. The molecule has 8 heteroatoms. The molecule has 3 aromatic rings. The Morgan fingerprint density at radius 2 is 1.77 bits per heavy atom. The smallest absolute Gasteiger partial charge is 0.257 e. The molecule has 2 aliphatic rings. The minimum Gasteiger partial charge on any atom is -0.381 e. The maximum atomic E-state index is 16.5. The van der Waals surface area contributed by atoms with E-state index in [0.29, 0.717) is 40.3 Å². The number of ether oxygens (including phenoxy) is 2. The molecular formula is C31H31BrCl2FNO3. The third kappa shape index (κ3) is 4.82. The summed E-state index contributed by atoms with van der Waals surface area (Å²) in [6, 6.07) is 15.9. The molecule has 3 aromatic carbocycles. The lowest BCUT2D eigenvalue weighted by Crippen LogP contribution is -2.46. The molecule has 1 saturated heterocycles. The van der Waals surface area contributed by atoms with Gasteiger partial charge in [-0.1, -0.05) is 71.2 Å². The molecule has 206 valence electrons. The van der Waals surface area contributed by atoms with Gasteiger partial charge >= 0.3 is 0 Å². The first-order valence-electron chi connectivity index (χ1n) is 13.1. The van der Waals surface area contributed by atoms with Gasteiger partial charge in [-0.25, -0.2) is 4.39 Å².